The number of amides is 2. The number of rotatable bonds is 6. The second-order valence-corrected chi connectivity index (χ2v) is 9.55. The van der Waals surface area contributed by atoms with Gasteiger partial charge in [0.1, 0.15) is 5.75 Å². The lowest BCUT2D eigenvalue weighted by molar-refractivity contribution is 0.0746. The molecule has 1 fully saturated rings. The number of aryl methyl sites for hydroxylation is 2. The number of carbonyl (C=O) groups is 2. The van der Waals surface area contributed by atoms with E-state index in [0.717, 1.165) is 40.8 Å². The maximum Gasteiger partial charge on any atom is 0.259 e. The van der Waals surface area contributed by atoms with E-state index < -0.39 is 0 Å². The summed E-state index contributed by atoms with van der Waals surface area (Å²) in [4.78, 5) is 29.9. The number of ether oxygens (including phenoxy) is 1. The summed E-state index contributed by atoms with van der Waals surface area (Å²) in [5, 5.41) is 2.95. The first-order valence-electron chi connectivity index (χ1n) is 11.8. The second kappa shape index (κ2) is 11.0. The quantitative estimate of drug-likeness (QED) is 0.449. The molecule has 0 aliphatic carbocycles. The lowest BCUT2D eigenvalue weighted by Crippen LogP contribution is -2.48. The second-order valence-electron chi connectivity index (χ2n) is 8.63. The monoisotopic (exact) mass is 535 g/mol. The highest BCUT2D eigenvalue weighted by molar-refractivity contribution is 9.10. The van der Waals surface area contributed by atoms with Crippen LogP contribution in [0, 0.1) is 6.92 Å². The fourth-order valence-corrected chi connectivity index (χ4v) is 4.93. The molecule has 1 aliphatic heterocycles. The molecular formula is C28H30BrN3O3. The van der Waals surface area contributed by atoms with Gasteiger partial charge in [-0.1, -0.05) is 35.0 Å². The molecule has 0 unspecified atom stereocenters. The van der Waals surface area contributed by atoms with Crippen molar-refractivity contribution in [3.63, 3.8) is 0 Å². The van der Waals surface area contributed by atoms with Crippen molar-refractivity contribution in [3.05, 3.63) is 87.4 Å². The Bertz CT molecular complexity index is 1200. The van der Waals surface area contributed by atoms with E-state index in [2.05, 4.69) is 33.1 Å². The Morgan fingerprint density at radius 2 is 1.63 bits per heavy atom. The van der Waals surface area contributed by atoms with Crippen LogP contribution in [0.15, 0.2) is 65.1 Å². The Hall–Kier alpha value is -3.32. The van der Waals surface area contributed by atoms with E-state index >= 15 is 0 Å². The molecule has 0 spiro atoms. The Morgan fingerprint density at radius 1 is 0.971 bits per heavy atom. The van der Waals surface area contributed by atoms with Crippen molar-refractivity contribution in [2.24, 2.45) is 0 Å². The number of piperazine rings is 1. The molecule has 1 N–H and O–H groups in total. The Labute approximate surface area is 215 Å². The molecule has 0 bridgehead atoms. The fourth-order valence-electron chi connectivity index (χ4n) is 4.36. The molecule has 3 aromatic rings. The fraction of sp³-hybridized carbons (Fsp3) is 0.286. The van der Waals surface area contributed by atoms with E-state index in [1.165, 1.54) is 5.56 Å². The molecule has 4 rings (SSSR count). The van der Waals surface area contributed by atoms with Gasteiger partial charge in [0.2, 0.25) is 0 Å². The molecule has 3 aromatic carbocycles. The maximum absolute atomic E-state index is 12.9. The summed E-state index contributed by atoms with van der Waals surface area (Å²) in [5.41, 5.74) is 5.12. The van der Waals surface area contributed by atoms with Gasteiger partial charge in [-0.25, -0.2) is 0 Å². The van der Waals surface area contributed by atoms with Crippen LogP contribution in [0.25, 0.3) is 0 Å². The molecule has 6 nitrogen and oxygen atoms in total. The highest BCUT2D eigenvalue weighted by atomic mass is 79.9. The van der Waals surface area contributed by atoms with Crippen LogP contribution < -0.4 is 15.0 Å². The maximum atomic E-state index is 12.9. The molecule has 2 amide bonds. The number of hydrogen-bond donors (Lipinski definition) is 1. The molecule has 0 radical (unpaired) electrons. The van der Waals surface area contributed by atoms with Gasteiger partial charge < -0.3 is 19.9 Å². The van der Waals surface area contributed by atoms with Gasteiger partial charge in [-0.2, -0.15) is 0 Å². The molecule has 7 heteroatoms. The minimum absolute atomic E-state index is 0.0866. The summed E-state index contributed by atoms with van der Waals surface area (Å²) in [6.07, 6.45) is 0.966. The summed E-state index contributed by atoms with van der Waals surface area (Å²) in [5.74, 6) is 0.428. The van der Waals surface area contributed by atoms with Crippen LogP contribution in [0.2, 0.25) is 0 Å². The summed E-state index contributed by atoms with van der Waals surface area (Å²) in [6, 6.07) is 19.4. The molecule has 0 aromatic heterocycles. The van der Waals surface area contributed by atoms with E-state index in [9.17, 15) is 9.59 Å². The normalized spacial score (nSPS) is 13.5. The number of nitrogens with zero attached hydrogens (tertiary/aromatic N) is 2. The molecule has 1 aliphatic rings. The standard InChI is InChI=1S/C28H30BrN3O3/c1-4-20-5-7-21(8-6-20)28(34)32-15-13-31(14-16-32)24-11-9-23(10-12-24)30-27(33)25-18-22(29)17-19(2)26(25)35-3/h5-12,17-18H,4,13-16H2,1-3H3,(H,30,33). The van der Waals surface area contributed by atoms with Crippen molar-refractivity contribution in [3.8, 4) is 5.75 Å². The van der Waals surface area contributed by atoms with Gasteiger partial charge in [0.25, 0.3) is 11.8 Å². The number of carbonyl (C=O) groups excluding carboxylic acids is 2. The van der Waals surface area contributed by atoms with Crippen LogP contribution in [0.4, 0.5) is 11.4 Å². The van der Waals surface area contributed by atoms with Gasteiger partial charge >= 0.3 is 0 Å². The highest BCUT2D eigenvalue weighted by Crippen LogP contribution is 2.29. The van der Waals surface area contributed by atoms with Crippen LogP contribution >= 0.6 is 15.9 Å². The van der Waals surface area contributed by atoms with Crippen molar-refractivity contribution in [2.45, 2.75) is 20.3 Å². The molecule has 1 saturated heterocycles. The average Bonchev–Trinajstić information content (AvgIpc) is 2.88. The topological polar surface area (TPSA) is 61.9 Å². The molecule has 0 saturated carbocycles. The zero-order chi connectivity index (χ0) is 24.9. The Kier molecular flexibility index (Phi) is 7.76. The Morgan fingerprint density at radius 3 is 2.23 bits per heavy atom. The van der Waals surface area contributed by atoms with Crippen molar-refractivity contribution in [1.82, 2.24) is 4.90 Å². The lowest BCUT2D eigenvalue weighted by atomic mass is 10.1. The summed E-state index contributed by atoms with van der Waals surface area (Å²) in [7, 11) is 1.57. The third kappa shape index (κ3) is 5.68. The minimum atomic E-state index is -0.224. The van der Waals surface area contributed by atoms with Gasteiger partial charge in [0.05, 0.1) is 12.7 Å². The summed E-state index contributed by atoms with van der Waals surface area (Å²) < 4.78 is 6.26. The molecule has 1 heterocycles. The lowest BCUT2D eigenvalue weighted by Gasteiger charge is -2.36. The van der Waals surface area contributed by atoms with Crippen molar-refractivity contribution in [1.29, 1.82) is 0 Å². The number of halogens is 1. The van der Waals surface area contributed by atoms with Gasteiger partial charge in [0, 0.05) is 47.6 Å². The first-order valence-corrected chi connectivity index (χ1v) is 12.6. The average molecular weight is 536 g/mol. The number of hydrogen-bond acceptors (Lipinski definition) is 4. The van der Waals surface area contributed by atoms with Crippen LogP contribution in [0.1, 0.15) is 38.8 Å². The van der Waals surface area contributed by atoms with E-state index in [1.807, 2.05) is 66.4 Å². The van der Waals surface area contributed by atoms with Crippen molar-refractivity contribution >= 4 is 39.1 Å². The van der Waals surface area contributed by atoms with Crippen molar-refractivity contribution < 1.29 is 14.3 Å². The van der Waals surface area contributed by atoms with Gasteiger partial charge in [-0.3, -0.25) is 9.59 Å². The zero-order valence-corrected chi connectivity index (χ0v) is 21.9. The summed E-state index contributed by atoms with van der Waals surface area (Å²) >= 11 is 3.45. The Balaban J connectivity index is 1.36. The number of nitrogens with one attached hydrogen (secondary N) is 1. The predicted molar refractivity (Wildman–Crippen MR) is 144 cm³/mol. The number of benzene rings is 3. The molecular weight excluding hydrogens is 506 g/mol. The van der Waals surface area contributed by atoms with Gasteiger partial charge in [0.15, 0.2) is 0 Å². The highest BCUT2D eigenvalue weighted by Gasteiger charge is 2.22. The van der Waals surface area contributed by atoms with E-state index in [4.69, 9.17) is 4.74 Å². The predicted octanol–water partition coefficient (Wildman–Crippen LogP) is 5.54. The van der Waals surface area contributed by atoms with E-state index in [0.29, 0.717) is 30.1 Å². The van der Waals surface area contributed by atoms with Crippen LogP contribution in [-0.4, -0.2) is 50.0 Å². The van der Waals surface area contributed by atoms with Crippen molar-refractivity contribution in [2.75, 3.05) is 43.5 Å². The first-order chi connectivity index (χ1) is 16.9. The van der Waals surface area contributed by atoms with E-state index in [-0.39, 0.29) is 11.8 Å². The molecule has 0 atom stereocenters. The van der Waals surface area contributed by atoms with Crippen LogP contribution in [0.5, 0.6) is 5.75 Å². The van der Waals surface area contributed by atoms with Gasteiger partial charge in [-0.15, -0.1) is 0 Å². The largest absolute Gasteiger partial charge is 0.496 e. The number of anilines is 2. The van der Waals surface area contributed by atoms with Gasteiger partial charge in [-0.05, 0) is 73.0 Å². The third-order valence-corrected chi connectivity index (χ3v) is 6.81. The van der Waals surface area contributed by atoms with Crippen LogP contribution in [0.3, 0.4) is 0 Å². The number of methoxy groups -OCH3 is 1. The minimum Gasteiger partial charge on any atom is -0.496 e. The first kappa shape index (κ1) is 24.8. The van der Waals surface area contributed by atoms with Crippen LogP contribution in [-0.2, 0) is 6.42 Å². The zero-order valence-electron chi connectivity index (χ0n) is 20.3. The summed E-state index contributed by atoms with van der Waals surface area (Å²) in [6.45, 7) is 6.89. The molecule has 35 heavy (non-hydrogen) atoms. The molecule has 182 valence electrons. The third-order valence-electron chi connectivity index (χ3n) is 6.35. The smallest absolute Gasteiger partial charge is 0.259 e. The SMILES string of the molecule is CCc1ccc(C(=O)N2CCN(c3ccc(NC(=O)c4cc(Br)cc(C)c4OC)cc3)CC2)cc1. The van der Waals surface area contributed by atoms with E-state index in [1.54, 1.807) is 13.2 Å².